The smallest absolute Gasteiger partial charge is 0.358 e. The van der Waals surface area contributed by atoms with Gasteiger partial charge in [0.2, 0.25) is 0 Å². The van der Waals surface area contributed by atoms with Gasteiger partial charge < -0.3 is 10.8 Å². The number of hydrogen-bond acceptors (Lipinski definition) is 5. The van der Waals surface area contributed by atoms with Crippen LogP contribution in [0.25, 0.3) is 0 Å². The van der Waals surface area contributed by atoms with Crippen LogP contribution in [0.5, 0.6) is 0 Å². The highest BCUT2D eigenvalue weighted by Gasteiger charge is 2.07. The van der Waals surface area contributed by atoms with Crippen molar-refractivity contribution in [3.05, 3.63) is 11.9 Å². The minimum absolute atomic E-state index is 0.0121. The van der Waals surface area contributed by atoms with Crippen molar-refractivity contribution in [2.75, 3.05) is 18.1 Å². The van der Waals surface area contributed by atoms with Gasteiger partial charge in [0.05, 0.1) is 12.7 Å². The summed E-state index contributed by atoms with van der Waals surface area (Å²) in [6, 6.07) is 0. The number of hydrogen-bond donors (Lipinski definition) is 2. The van der Waals surface area contributed by atoms with E-state index in [0.717, 1.165) is 17.9 Å². The van der Waals surface area contributed by atoms with Crippen LogP contribution in [0.15, 0.2) is 6.20 Å². The third kappa shape index (κ3) is 4.30. The molecule has 0 aromatic carbocycles. The highest BCUT2D eigenvalue weighted by Crippen LogP contribution is 2.03. The van der Waals surface area contributed by atoms with Gasteiger partial charge in [-0.3, -0.25) is 4.68 Å². The van der Waals surface area contributed by atoms with Gasteiger partial charge in [-0.2, -0.15) is 11.8 Å². The summed E-state index contributed by atoms with van der Waals surface area (Å²) in [6.07, 6.45) is 2.44. The molecule has 0 amide bonds. The van der Waals surface area contributed by atoms with Crippen molar-refractivity contribution < 1.29 is 9.90 Å². The average Bonchev–Trinajstić information content (AvgIpc) is 2.66. The lowest BCUT2D eigenvalue weighted by Gasteiger charge is -1.99. The Hall–Kier alpha value is -1.08. The second kappa shape index (κ2) is 6.41. The van der Waals surface area contributed by atoms with E-state index in [1.165, 1.54) is 6.20 Å². The molecule has 1 heterocycles. The topological polar surface area (TPSA) is 94.0 Å². The zero-order chi connectivity index (χ0) is 11.1. The van der Waals surface area contributed by atoms with E-state index in [-0.39, 0.29) is 5.69 Å². The van der Waals surface area contributed by atoms with Crippen LogP contribution in [0.4, 0.5) is 0 Å². The van der Waals surface area contributed by atoms with Gasteiger partial charge in [0.15, 0.2) is 5.69 Å². The number of thioether (sulfide) groups is 1. The standard InChI is InChI=1S/C8H14N4O2S/c9-2-1-4-15-5-3-12-6-7(8(13)14)10-11-12/h6H,1-5,9H2,(H,13,14). The lowest BCUT2D eigenvalue weighted by molar-refractivity contribution is 0.0690. The molecule has 0 saturated heterocycles. The van der Waals surface area contributed by atoms with Gasteiger partial charge in [-0.05, 0) is 18.7 Å². The Morgan fingerprint density at radius 2 is 2.40 bits per heavy atom. The molecule has 0 bridgehead atoms. The summed E-state index contributed by atoms with van der Waals surface area (Å²) in [5, 5.41) is 15.8. The molecule has 0 aliphatic heterocycles. The van der Waals surface area contributed by atoms with E-state index < -0.39 is 5.97 Å². The molecule has 1 rings (SSSR count). The fraction of sp³-hybridized carbons (Fsp3) is 0.625. The molecule has 0 aliphatic rings. The van der Waals surface area contributed by atoms with Crippen molar-refractivity contribution in [3.63, 3.8) is 0 Å². The van der Waals surface area contributed by atoms with Crippen LogP contribution in [0.1, 0.15) is 16.9 Å². The number of carboxylic acids is 1. The number of rotatable bonds is 7. The zero-order valence-electron chi connectivity index (χ0n) is 8.30. The molecular weight excluding hydrogens is 216 g/mol. The SMILES string of the molecule is NCCCSCCn1cc(C(=O)O)nn1. The predicted octanol–water partition coefficient (Wildman–Crippen LogP) is 0.0583. The van der Waals surface area contributed by atoms with Crippen LogP contribution < -0.4 is 5.73 Å². The normalized spacial score (nSPS) is 10.5. The molecule has 15 heavy (non-hydrogen) atoms. The fourth-order valence-corrected chi connectivity index (χ4v) is 1.84. The summed E-state index contributed by atoms with van der Waals surface area (Å²) in [6.45, 7) is 1.38. The van der Waals surface area contributed by atoms with Crippen LogP contribution in [0, 0.1) is 0 Å². The third-order valence-corrected chi connectivity index (χ3v) is 2.76. The van der Waals surface area contributed by atoms with E-state index in [1.54, 1.807) is 16.4 Å². The number of carboxylic acid groups (broad SMARTS) is 1. The summed E-state index contributed by atoms with van der Waals surface area (Å²) in [7, 11) is 0. The quantitative estimate of drug-likeness (QED) is 0.643. The molecule has 84 valence electrons. The maximum Gasteiger partial charge on any atom is 0.358 e. The van der Waals surface area contributed by atoms with Crippen LogP contribution >= 0.6 is 11.8 Å². The molecule has 0 saturated carbocycles. The molecule has 1 aromatic heterocycles. The zero-order valence-corrected chi connectivity index (χ0v) is 9.11. The lowest BCUT2D eigenvalue weighted by Crippen LogP contribution is -2.04. The molecule has 0 unspecified atom stereocenters. The van der Waals surface area contributed by atoms with E-state index in [2.05, 4.69) is 10.3 Å². The van der Waals surface area contributed by atoms with Crippen molar-refractivity contribution in [1.82, 2.24) is 15.0 Å². The predicted molar refractivity (Wildman–Crippen MR) is 58.0 cm³/mol. The van der Waals surface area contributed by atoms with Gasteiger partial charge in [0.1, 0.15) is 0 Å². The Morgan fingerprint density at radius 3 is 3.00 bits per heavy atom. The molecule has 0 spiro atoms. The van der Waals surface area contributed by atoms with Crippen molar-refractivity contribution >= 4 is 17.7 Å². The molecule has 0 aliphatic carbocycles. The highest BCUT2D eigenvalue weighted by molar-refractivity contribution is 7.99. The third-order valence-electron chi connectivity index (χ3n) is 1.72. The number of carbonyl (C=O) groups is 1. The maximum absolute atomic E-state index is 10.5. The maximum atomic E-state index is 10.5. The van der Waals surface area contributed by atoms with E-state index in [9.17, 15) is 4.79 Å². The van der Waals surface area contributed by atoms with Crippen molar-refractivity contribution in [2.45, 2.75) is 13.0 Å². The molecule has 0 radical (unpaired) electrons. The second-order valence-electron chi connectivity index (χ2n) is 2.93. The van der Waals surface area contributed by atoms with Crippen molar-refractivity contribution in [2.24, 2.45) is 5.73 Å². The number of nitrogens with zero attached hydrogens (tertiary/aromatic N) is 3. The Labute approximate surface area is 91.8 Å². The molecule has 3 N–H and O–H groups in total. The molecule has 1 aromatic rings. The first-order valence-electron chi connectivity index (χ1n) is 4.65. The van der Waals surface area contributed by atoms with E-state index >= 15 is 0 Å². The number of aromatic carboxylic acids is 1. The molecule has 0 fully saturated rings. The second-order valence-corrected chi connectivity index (χ2v) is 4.15. The lowest BCUT2D eigenvalue weighted by atomic mass is 10.5. The van der Waals surface area contributed by atoms with Crippen LogP contribution in [-0.2, 0) is 6.54 Å². The number of nitrogens with two attached hydrogens (primary N) is 1. The van der Waals surface area contributed by atoms with Gasteiger partial charge >= 0.3 is 5.97 Å². The fourth-order valence-electron chi connectivity index (χ4n) is 0.951. The van der Waals surface area contributed by atoms with Gasteiger partial charge in [0, 0.05) is 5.75 Å². The average molecular weight is 230 g/mol. The monoisotopic (exact) mass is 230 g/mol. The first kappa shape index (κ1) is 12.0. The van der Waals surface area contributed by atoms with Crippen molar-refractivity contribution in [3.8, 4) is 0 Å². The van der Waals surface area contributed by atoms with Gasteiger partial charge in [-0.25, -0.2) is 4.79 Å². The van der Waals surface area contributed by atoms with Crippen LogP contribution in [0.3, 0.4) is 0 Å². The minimum Gasteiger partial charge on any atom is -0.476 e. The number of aryl methyl sites for hydroxylation is 1. The van der Waals surface area contributed by atoms with Crippen LogP contribution in [-0.4, -0.2) is 44.1 Å². The Morgan fingerprint density at radius 1 is 1.60 bits per heavy atom. The summed E-state index contributed by atoms with van der Waals surface area (Å²) in [5.41, 5.74) is 5.34. The summed E-state index contributed by atoms with van der Waals surface area (Å²) in [5.74, 6) is 0.872. The molecular formula is C8H14N4O2S. The Kier molecular flexibility index (Phi) is 5.13. The summed E-state index contributed by atoms with van der Waals surface area (Å²) in [4.78, 5) is 10.5. The first-order chi connectivity index (χ1) is 7.24. The minimum atomic E-state index is -1.04. The van der Waals surface area contributed by atoms with Crippen LogP contribution in [0.2, 0.25) is 0 Å². The molecule has 6 nitrogen and oxygen atoms in total. The summed E-state index contributed by atoms with van der Waals surface area (Å²) >= 11 is 1.77. The van der Waals surface area contributed by atoms with E-state index in [0.29, 0.717) is 13.1 Å². The largest absolute Gasteiger partial charge is 0.476 e. The van der Waals surface area contributed by atoms with Crippen molar-refractivity contribution in [1.29, 1.82) is 0 Å². The Balaban J connectivity index is 2.23. The van der Waals surface area contributed by atoms with E-state index in [1.807, 2.05) is 0 Å². The van der Waals surface area contributed by atoms with Gasteiger partial charge in [-0.1, -0.05) is 5.21 Å². The van der Waals surface area contributed by atoms with E-state index in [4.69, 9.17) is 10.8 Å². The highest BCUT2D eigenvalue weighted by atomic mass is 32.2. The molecule has 7 heteroatoms. The number of aromatic nitrogens is 3. The van der Waals surface area contributed by atoms with Gasteiger partial charge in [-0.15, -0.1) is 5.10 Å². The van der Waals surface area contributed by atoms with Gasteiger partial charge in [0.25, 0.3) is 0 Å². The Bertz CT molecular complexity index is 315. The first-order valence-corrected chi connectivity index (χ1v) is 5.80. The molecule has 0 atom stereocenters. The summed E-state index contributed by atoms with van der Waals surface area (Å²) < 4.78 is 1.54.